The largest absolute Gasteiger partial charge is 0.434 e. The number of sulfone groups is 1. The van der Waals surface area contributed by atoms with Crippen LogP contribution in [0, 0.1) is 5.92 Å². The summed E-state index contributed by atoms with van der Waals surface area (Å²) in [5.74, 6) is -0.981. The number of hydrogen-bond acceptors (Lipinski definition) is 7. The lowest BCUT2D eigenvalue weighted by atomic mass is 9.97. The Labute approximate surface area is 200 Å². The highest BCUT2D eigenvalue weighted by Crippen LogP contribution is 2.40. The normalized spacial score (nSPS) is 16.7. The molecule has 0 spiro atoms. The zero-order chi connectivity index (χ0) is 25.9. The molecule has 0 unspecified atom stereocenters. The van der Waals surface area contributed by atoms with E-state index in [1.807, 2.05) is 24.5 Å². The van der Waals surface area contributed by atoms with E-state index in [4.69, 9.17) is 0 Å². The number of benzene rings is 1. The average molecular weight is 511 g/mol. The van der Waals surface area contributed by atoms with Crippen molar-refractivity contribution in [3.05, 3.63) is 46.9 Å². The summed E-state index contributed by atoms with van der Waals surface area (Å²) in [4.78, 5) is 21.3. The van der Waals surface area contributed by atoms with Gasteiger partial charge in [-0.15, -0.1) is 0 Å². The van der Waals surface area contributed by atoms with Crippen LogP contribution < -0.4 is 4.90 Å². The average Bonchev–Trinajstić information content (AvgIpc) is 3.13. The predicted molar refractivity (Wildman–Crippen MR) is 123 cm³/mol. The number of aliphatic hydroxyl groups is 1. The van der Waals surface area contributed by atoms with E-state index in [1.165, 1.54) is 6.07 Å². The Kier molecular flexibility index (Phi) is 6.17. The van der Waals surface area contributed by atoms with E-state index in [-0.39, 0.29) is 28.9 Å². The number of Topliss-reactive ketones (excluding diaryl/α,β-unsaturated/α-hetero) is 1. The van der Waals surface area contributed by atoms with Gasteiger partial charge in [-0.3, -0.25) is 4.79 Å². The molecule has 3 heterocycles. The third-order valence-corrected chi connectivity index (χ3v) is 7.38. The van der Waals surface area contributed by atoms with Gasteiger partial charge >= 0.3 is 6.18 Å². The van der Waals surface area contributed by atoms with Crippen molar-refractivity contribution in [1.82, 2.24) is 14.5 Å². The molecule has 0 aliphatic carbocycles. The molecular formula is C23H25F3N4O4S. The third kappa shape index (κ3) is 4.40. The lowest BCUT2D eigenvalue weighted by Crippen LogP contribution is -2.41. The molecule has 1 atom stereocenters. The fourth-order valence-electron chi connectivity index (χ4n) is 4.74. The number of nitrogens with zero attached hydrogens (tertiary/aromatic N) is 4. The molecule has 12 heteroatoms. The van der Waals surface area contributed by atoms with Gasteiger partial charge in [0.15, 0.2) is 21.3 Å². The molecule has 1 aliphatic heterocycles. The van der Waals surface area contributed by atoms with Crippen LogP contribution in [0.2, 0.25) is 0 Å². The highest BCUT2D eigenvalue weighted by molar-refractivity contribution is 7.90. The maximum absolute atomic E-state index is 13.7. The molecule has 0 saturated heterocycles. The van der Waals surface area contributed by atoms with Crippen LogP contribution in [-0.4, -0.2) is 46.6 Å². The summed E-state index contributed by atoms with van der Waals surface area (Å²) in [6, 6.07) is 4.59. The monoisotopic (exact) mass is 510 g/mol. The standard InChI is InChI=1S/C23H25F3N4O4S/c1-12(2)20-18-8-14-7-15(11-31)19(35(4,33)34)9-17(14)29(18)5-6-30(20)22-27-10-16(13(3)32)21(28-22)23(24,25)26/h7-10,12,20,31H,5-6,11H2,1-4H3/t20-/m0/s1. The molecule has 0 bridgehead atoms. The molecule has 3 aromatic rings. The van der Waals surface area contributed by atoms with Gasteiger partial charge in [0.1, 0.15) is 0 Å². The molecule has 8 nitrogen and oxygen atoms in total. The number of anilines is 1. The molecule has 35 heavy (non-hydrogen) atoms. The van der Waals surface area contributed by atoms with Crippen LogP contribution in [0.15, 0.2) is 29.3 Å². The SMILES string of the molecule is CC(=O)c1cnc(N2CCn3c(cc4cc(CO)c(S(C)(=O)=O)cc43)[C@@H]2C(C)C)nc1C(F)(F)F. The number of aliphatic hydroxyl groups excluding tert-OH is 1. The topological polar surface area (TPSA) is 105 Å². The minimum absolute atomic E-state index is 0.0369. The number of carbonyl (C=O) groups excluding carboxylic acids is 1. The second-order valence-electron chi connectivity index (χ2n) is 9.04. The Morgan fingerprint density at radius 3 is 2.46 bits per heavy atom. The van der Waals surface area contributed by atoms with E-state index in [1.54, 1.807) is 11.0 Å². The first kappa shape index (κ1) is 25.1. The van der Waals surface area contributed by atoms with Gasteiger partial charge in [0, 0.05) is 42.1 Å². The maximum Gasteiger partial charge on any atom is 0.434 e. The van der Waals surface area contributed by atoms with E-state index in [2.05, 4.69) is 9.97 Å². The summed E-state index contributed by atoms with van der Waals surface area (Å²) in [7, 11) is -3.59. The summed E-state index contributed by atoms with van der Waals surface area (Å²) in [6.07, 6.45) is -2.83. The van der Waals surface area contributed by atoms with Crippen LogP contribution in [0.25, 0.3) is 10.9 Å². The Bertz CT molecular complexity index is 1430. The maximum atomic E-state index is 13.7. The molecular weight excluding hydrogens is 485 g/mol. The van der Waals surface area contributed by atoms with Crippen molar-refractivity contribution < 1.29 is 31.5 Å². The molecule has 1 aromatic carbocycles. The van der Waals surface area contributed by atoms with Gasteiger partial charge in [-0.25, -0.2) is 18.4 Å². The highest BCUT2D eigenvalue weighted by atomic mass is 32.2. The number of hydrogen-bond donors (Lipinski definition) is 1. The molecule has 0 radical (unpaired) electrons. The highest BCUT2D eigenvalue weighted by Gasteiger charge is 2.39. The van der Waals surface area contributed by atoms with Gasteiger partial charge in [0.05, 0.1) is 23.1 Å². The Hall–Kier alpha value is -2.99. The van der Waals surface area contributed by atoms with Crippen molar-refractivity contribution in [2.24, 2.45) is 5.92 Å². The van der Waals surface area contributed by atoms with E-state index < -0.39 is 45.7 Å². The molecule has 0 fully saturated rings. The first-order valence-electron chi connectivity index (χ1n) is 10.9. The van der Waals surface area contributed by atoms with E-state index in [9.17, 15) is 31.5 Å². The number of aromatic nitrogens is 3. The van der Waals surface area contributed by atoms with Crippen molar-refractivity contribution in [1.29, 1.82) is 0 Å². The quantitative estimate of drug-likeness (QED) is 0.521. The number of rotatable bonds is 5. The fourth-order valence-corrected chi connectivity index (χ4v) is 5.66. The van der Waals surface area contributed by atoms with Gasteiger partial charge in [-0.1, -0.05) is 13.8 Å². The van der Waals surface area contributed by atoms with E-state index in [0.717, 1.165) is 25.1 Å². The summed E-state index contributed by atoms with van der Waals surface area (Å²) in [6.45, 7) is 5.04. The number of carbonyl (C=O) groups is 1. The molecule has 1 aliphatic rings. The minimum atomic E-state index is -4.82. The van der Waals surface area contributed by atoms with E-state index >= 15 is 0 Å². The number of halogens is 3. The molecule has 0 saturated carbocycles. The van der Waals surface area contributed by atoms with Gasteiger partial charge < -0.3 is 14.6 Å². The Morgan fingerprint density at radius 2 is 1.91 bits per heavy atom. The van der Waals surface area contributed by atoms with Crippen LogP contribution in [0.5, 0.6) is 0 Å². The van der Waals surface area contributed by atoms with E-state index in [0.29, 0.717) is 17.4 Å². The smallest absolute Gasteiger partial charge is 0.392 e. The summed E-state index contributed by atoms with van der Waals surface area (Å²) in [5.41, 5.74) is -0.151. The summed E-state index contributed by atoms with van der Waals surface area (Å²) >= 11 is 0. The second kappa shape index (κ2) is 8.59. The van der Waals surface area contributed by atoms with Gasteiger partial charge in [0.2, 0.25) is 5.95 Å². The Morgan fingerprint density at radius 1 is 1.23 bits per heavy atom. The van der Waals surface area contributed by atoms with Crippen LogP contribution in [0.3, 0.4) is 0 Å². The van der Waals surface area contributed by atoms with Crippen LogP contribution in [0.4, 0.5) is 19.1 Å². The zero-order valence-electron chi connectivity index (χ0n) is 19.6. The molecule has 2 aromatic heterocycles. The van der Waals surface area contributed by atoms with Crippen molar-refractivity contribution in [3.63, 3.8) is 0 Å². The minimum Gasteiger partial charge on any atom is -0.392 e. The van der Waals surface area contributed by atoms with Crippen LogP contribution in [-0.2, 0) is 29.2 Å². The number of alkyl halides is 3. The third-order valence-electron chi connectivity index (χ3n) is 6.20. The summed E-state index contributed by atoms with van der Waals surface area (Å²) in [5, 5.41) is 10.4. The molecule has 188 valence electrons. The fraction of sp³-hybridized carbons (Fsp3) is 0.435. The van der Waals surface area contributed by atoms with Crippen molar-refractivity contribution >= 4 is 32.5 Å². The first-order valence-corrected chi connectivity index (χ1v) is 12.8. The molecule has 0 amide bonds. The van der Waals surface area contributed by atoms with Crippen molar-refractivity contribution in [2.75, 3.05) is 17.7 Å². The van der Waals surface area contributed by atoms with Crippen LogP contribution in [0.1, 0.15) is 54.1 Å². The first-order chi connectivity index (χ1) is 16.2. The van der Waals surface area contributed by atoms with Gasteiger partial charge in [-0.05, 0) is 36.6 Å². The van der Waals surface area contributed by atoms with Gasteiger partial charge in [-0.2, -0.15) is 13.2 Å². The number of ketones is 1. The second-order valence-corrected chi connectivity index (χ2v) is 11.0. The lowest BCUT2D eigenvalue weighted by molar-refractivity contribution is -0.141. The zero-order valence-corrected chi connectivity index (χ0v) is 20.4. The molecule has 4 rings (SSSR count). The van der Waals surface area contributed by atoms with Crippen LogP contribution >= 0.6 is 0 Å². The van der Waals surface area contributed by atoms with Crippen molar-refractivity contribution in [3.8, 4) is 0 Å². The Balaban J connectivity index is 1.88. The summed E-state index contributed by atoms with van der Waals surface area (Å²) < 4.78 is 67.5. The van der Waals surface area contributed by atoms with Gasteiger partial charge in [0.25, 0.3) is 0 Å². The van der Waals surface area contributed by atoms with Crippen molar-refractivity contribution in [2.45, 2.75) is 51.0 Å². The number of fused-ring (bicyclic) bond motifs is 3. The lowest BCUT2D eigenvalue weighted by Gasteiger charge is -2.39. The molecule has 1 N–H and O–H groups in total. The predicted octanol–water partition coefficient (Wildman–Crippen LogP) is 3.77.